The van der Waals surface area contributed by atoms with E-state index in [4.69, 9.17) is 13.3 Å². The van der Waals surface area contributed by atoms with Gasteiger partial charge in [0.1, 0.15) is 11.5 Å². The minimum absolute atomic E-state index is 0.502. The smallest absolute Gasteiger partial charge is 0.109 e. The predicted octanol–water partition coefficient (Wildman–Crippen LogP) is 10.6. The molecule has 0 radical (unpaired) electrons. The van der Waals surface area contributed by atoms with Gasteiger partial charge in [0.25, 0.3) is 0 Å². The van der Waals surface area contributed by atoms with Crippen LogP contribution in [0.4, 0.5) is 0 Å². The van der Waals surface area contributed by atoms with Crippen LogP contribution < -0.4 is 0 Å². The van der Waals surface area contributed by atoms with Gasteiger partial charge < -0.3 is 13.3 Å². The summed E-state index contributed by atoms with van der Waals surface area (Å²) in [4.78, 5) is 0. The lowest BCUT2D eigenvalue weighted by atomic mass is 9.95. The minimum Gasteiger partial charge on any atom is -0.472 e. The first-order valence-corrected chi connectivity index (χ1v) is 12.6. The van der Waals surface area contributed by atoms with Gasteiger partial charge in [-0.05, 0) is 58.1 Å². The second-order valence-electron chi connectivity index (χ2n) is 10.7. The van der Waals surface area contributed by atoms with E-state index in [-0.39, 0.29) is 0 Å². The average Bonchev–Trinajstić information content (AvgIpc) is 3.48. The van der Waals surface area contributed by atoms with E-state index in [1.54, 1.807) is 12.5 Å². The molecule has 33 heavy (non-hydrogen) atoms. The summed E-state index contributed by atoms with van der Waals surface area (Å²) in [5, 5.41) is 0. The lowest BCUT2D eigenvalue weighted by molar-refractivity contribution is 0.479. The van der Waals surface area contributed by atoms with E-state index in [1.165, 1.54) is 22.3 Å². The van der Waals surface area contributed by atoms with Crippen LogP contribution in [0, 0.1) is 0 Å². The zero-order valence-corrected chi connectivity index (χ0v) is 23.2. The first-order valence-electron chi connectivity index (χ1n) is 12.6. The van der Waals surface area contributed by atoms with Gasteiger partial charge in [-0.1, -0.05) is 83.1 Å². The molecule has 0 aromatic carbocycles. The Morgan fingerprint density at radius 1 is 0.424 bits per heavy atom. The van der Waals surface area contributed by atoms with Gasteiger partial charge in [-0.25, -0.2) is 0 Å². The van der Waals surface area contributed by atoms with E-state index < -0.39 is 0 Å². The zero-order valence-electron chi connectivity index (χ0n) is 23.2. The fraction of sp³-hybridized carbons (Fsp3) is 0.600. The molecule has 0 fully saturated rings. The van der Waals surface area contributed by atoms with Crippen LogP contribution in [0.2, 0.25) is 0 Å². The molecule has 3 aromatic heterocycles. The van der Waals surface area contributed by atoms with E-state index in [1.807, 2.05) is 12.5 Å². The van der Waals surface area contributed by atoms with Crippen molar-refractivity contribution in [3.63, 3.8) is 0 Å². The maximum absolute atomic E-state index is 5.39. The molecule has 186 valence electrons. The van der Waals surface area contributed by atoms with Gasteiger partial charge in [0.15, 0.2) is 0 Å². The molecule has 0 atom stereocenters. The number of furan rings is 3. The number of rotatable bonds is 6. The highest BCUT2D eigenvalue weighted by Gasteiger charge is 2.13. The quantitative estimate of drug-likeness (QED) is 0.370. The van der Waals surface area contributed by atoms with Gasteiger partial charge in [-0.15, -0.1) is 0 Å². The standard InChI is InChI=1S/3C10H16O/c1-7(2)9-5-11-6-10(9)8(3)4;2*1-7(2)9-5-6-11-10(9)8(3)4/h3*5-8H,1-4H3. The Morgan fingerprint density at radius 3 is 0.939 bits per heavy atom. The van der Waals surface area contributed by atoms with Crippen LogP contribution in [0.25, 0.3) is 0 Å². The maximum Gasteiger partial charge on any atom is 0.109 e. The Morgan fingerprint density at radius 2 is 0.727 bits per heavy atom. The van der Waals surface area contributed by atoms with Crippen molar-refractivity contribution in [2.45, 2.75) is 119 Å². The summed E-state index contributed by atoms with van der Waals surface area (Å²) in [6.07, 6.45) is 7.29. The first-order chi connectivity index (χ1) is 15.4. The SMILES string of the molecule is CC(C)c1ccoc1C(C)C.CC(C)c1ccoc1C(C)C.CC(C)c1cocc1C(C)C. The molecule has 0 saturated heterocycles. The van der Waals surface area contributed by atoms with Crippen molar-refractivity contribution in [3.8, 4) is 0 Å². The Kier molecular flexibility index (Phi) is 11.8. The lowest BCUT2D eigenvalue weighted by Crippen LogP contribution is -1.93. The summed E-state index contributed by atoms with van der Waals surface area (Å²) in [6, 6.07) is 4.14. The molecule has 3 heterocycles. The van der Waals surface area contributed by atoms with E-state index >= 15 is 0 Å². The molecule has 3 aromatic rings. The third kappa shape index (κ3) is 8.61. The van der Waals surface area contributed by atoms with Gasteiger partial charge in [0.05, 0.1) is 25.1 Å². The molecular formula is C30H48O3. The van der Waals surface area contributed by atoms with Gasteiger partial charge in [0, 0.05) is 11.8 Å². The molecule has 0 N–H and O–H groups in total. The van der Waals surface area contributed by atoms with Crippen LogP contribution in [0.15, 0.2) is 50.4 Å². The van der Waals surface area contributed by atoms with Gasteiger partial charge in [0.2, 0.25) is 0 Å². The van der Waals surface area contributed by atoms with Crippen molar-refractivity contribution in [2.24, 2.45) is 0 Å². The molecule has 0 saturated carbocycles. The molecule has 0 aliphatic heterocycles. The summed E-state index contributed by atoms with van der Waals surface area (Å²) in [6.45, 7) is 26.2. The molecule has 0 aliphatic rings. The molecule has 0 spiro atoms. The van der Waals surface area contributed by atoms with Gasteiger partial charge in [-0.3, -0.25) is 0 Å². The maximum atomic E-state index is 5.39. The highest BCUT2D eigenvalue weighted by molar-refractivity contribution is 5.27. The molecule has 3 heteroatoms. The second-order valence-corrected chi connectivity index (χ2v) is 10.7. The molecule has 0 bridgehead atoms. The van der Waals surface area contributed by atoms with Crippen molar-refractivity contribution in [2.75, 3.05) is 0 Å². The Labute approximate surface area is 203 Å². The molecule has 0 aliphatic carbocycles. The monoisotopic (exact) mass is 456 g/mol. The third-order valence-corrected chi connectivity index (χ3v) is 5.71. The fourth-order valence-electron chi connectivity index (χ4n) is 3.81. The Hall–Kier alpha value is -2.16. The summed E-state index contributed by atoms with van der Waals surface area (Å²) in [7, 11) is 0. The topological polar surface area (TPSA) is 39.4 Å². The minimum atomic E-state index is 0.502. The van der Waals surface area contributed by atoms with Crippen molar-refractivity contribution in [3.05, 3.63) is 71.0 Å². The summed E-state index contributed by atoms with van der Waals surface area (Å²) in [5.41, 5.74) is 5.39. The van der Waals surface area contributed by atoms with Crippen LogP contribution in [-0.2, 0) is 0 Å². The average molecular weight is 457 g/mol. The van der Waals surface area contributed by atoms with Crippen LogP contribution >= 0.6 is 0 Å². The van der Waals surface area contributed by atoms with Crippen molar-refractivity contribution >= 4 is 0 Å². The van der Waals surface area contributed by atoms with Crippen LogP contribution in [-0.4, -0.2) is 0 Å². The summed E-state index contributed by atoms with van der Waals surface area (Å²) < 4.78 is 15.9. The van der Waals surface area contributed by atoms with E-state index in [0.29, 0.717) is 35.5 Å². The lowest BCUT2D eigenvalue weighted by Gasteiger charge is -2.07. The predicted molar refractivity (Wildman–Crippen MR) is 141 cm³/mol. The van der Waals surface area contributed by atoms with Crippen LogP contribution in [0.1, 0.15) is 152 Å². The van der Waals surface area contributed by atoms with E-state index in [0.717, 1.165) is 11.5 Å². The molecule has 0 amide bonds. The zero-order chi connectivity index (χ0) is 25.3. The highest BCUT2D eigenvalue weighted by atomic mass is 16.3. The normalized spacial score (nSPS) is 11.5. The Balaban J connectivity index is 0.000000247. The van der Waals surface area contributed by atoms with Gasteiger partial charge in [-0.2, -0.15) is 0 Å². The summed E-state index contributed by atoms with van der Waals surface area (Å²) in [5.74, 6) is 5.58. The van der Waals surface area contributed by atoms with Crippen molar-refractivity contribution in [1.82, 2.24) is 0 Å². The first kappa shape index (κ1) is 28.9. The Bertz CT molecular complexity index is 714. The van der Waals surface area contributed by atoms with Crippen molar-refractivity contribution in [1.29, 1.82) is 0 Å². The molecule has 0 unspecified atom stereocenters. The van der Waals surface area contributed by atoms with Crippen molar-refractivity contribution < 1.29 is 13.3 Å². The largest absolute Gasteiger partial charge is 0.472 e. The van der Waals surface area contributed by atoms with Crippen LogP contribution in [0.5, 0.6) is 0 Å². The summed E-state index contributed by atoms with van der Waals surface area (Å²) >= 11 is 0. The fourth-order valence-corrected chi connectivity index (χ4v) is 3.81. The van der Waals surface area contributed by atoms with E-state index in [9.17, 15) is 0 Å². The third-order valence-electron chi connectivity index (χ3n) is 5.71. The molecule has 3 rings (SSSR count). The molecular weight excluding hydrogens is 408 g/mol. The van der Waals surface area contributed by atoms with Gasteiger partial charge >= 0.3 is 0 Å². The van der Waals surface area contributed by atoms with Crippen LogP contribution in [0.3, 0.4) is 0 Å². The second kappa shape index (κ2) is 13.5. The van der Waals surface area contributed by atoms with E-state index in [2.05, 4.69) is 95.2 Å². The highest BCUT2D eigenvalue weighted by Crippen LogP contribution is 2.28. The number of hydrogen-bond acceptors (Lipinski definition) is 3. The number of hydrogen-bond donors (Lipinski definition) is 0. The molecule has 3 nitrogen and oxygen atoms in total.